The number of fused-ring (bicyclic) bond motifs is 1. The first-order valence-corrected chi connectivity index (χ1v) is 11.8. The lowest BCUT2D eigenvalue weighted by Gasteiger charge is -2.30. The number of carbonyl (C=O) groups excluding carboxylic acids is 1. The third-order valence-electron chi connectivity index (χ3n) is 6.26. The number of benzene rings is 2. The molecule has 1 amide bonds. The van der Waals surface area contributed by atoms with E-state index < -0.39 is 6.10 Å². The molecular formula is C26H26N2O3S. The molecule has 3 aromatic rings. The predicted octanol–water partition coefficient (Wildman–Crippen LogP) is 4.96. The molecule has 5 nitrogen and oxygen atoms in total. The van der Waals surface area contributed by atoms with Crippen LogP contribution in [0.3, 0.4) is 0 Å². The number of rotatable bonds is 6. The van der Waals surface area contributed by atoms with Crippen molar-refractivity contribution in [3.8, 4) is 16.9 Å². The van der Waals surface area contributed by atoms with E-state index in [1.165, 1.54) is 11.9 Å². The number of nitrogens with zero attached hydrogens (tertiary/aromatic N) is 1. The number of carbonyl (C=O) groups is 1. The Morgan fingerprint density at radius 2 is 2.00 bits per heavy atom. The quantitative estimate of drug-likeness (QED) is 0.524. The molecule has 2 atom stereocenters. The van der Waals surface area contributed by atoms with Gasteiger partial charge in [0, 0.05) is 33.7 Å². The molecule has 1 aromatic heterocycles. The summed E-state index contributed by atoms with van der Waals surface area (Å²) in [4.78, 5) is 17.2. The van der Waals surface area contributed by atoms with Gasteiger partial charge in [-0.3, -0.25) is 14.5 Å². The summed E-state index contributed by atoms with van der Waals surface area (Å²) in [5.41, 5.74) is 4.10. The maximum absolute atomic E-state index is 12.9. The van der Waals surface area contributed by atoms with Crippen LogP contribution in [0, 0.1) is 5.92 Å². The van der Waals surface area contributed by atoms with Crippen LogP contribution in [0.25, 0.3) is 11.1 Å². The summed E-state index contributed by atoms with van der Waals surface area (Å²) >= 11 is 1.51. The lowest BCUT2D eigenvalue weighted by atomic mass is 9.88. The van der Waals surface area contributed by atoms with Gasteiger partial charge in [-0.1, -0.05) is 36.4 Å². The second kappa shape index (κ2) is 8.60. The second-order valence-corrected chi connectivity index (χ2v) is 10.2. The number of aromatic nitrogens is 1. The Hall–Kier alpha value is -2.83. The van der Waals surface area contributed by atoms with Crippen LogP contribution in [0.15, 0.2) is 66.9 Å². The summed E-state index contributed by atoms with van der Waals surface area (Å²) in [6.45, 7) is 2.59. The highest BCUT2D eigenvalue weighted by atomic mass is 32.2. The standard InChI is InChI=1S/C26H26N2O3S/c1-26(11-12-26)32-28-25(30)21-8-3-2-7-20(21)17-9-10-22-23(15-17)31-16-18(24(22)29)14-19-6-4-5-13-27-19/h2-10,13,15,18,24,29H,11-12,14,16H2,1H3,(H,28,30)/t18-,24+/m0/s1. The molecule has 2 aromatic carbocycles. The van der Waals surface area contributed by atoms with Crippen molar-refractivity contribution >= 4 is 17.9 Å². The normalized spacial score (nSPS) is 20.7. The largest absolute Gasteiger partial charge is 0.493 e. The second-order valence-electron chi connectivity index (χ2n) is 8.82. The van der Waals surface area contributed by atoms with Crippen LogP contribution in [0.5, 0.6) is 5.75 Å². The molecule has 6 heteroatoms. The molecule has 0 unspecified atom stereocenters. The Morgan fingerprint density at radius 1 is 1.19 bits per heavy atom. The van der Waals surface area contributed by atoms with Gasteiger partial charge in [0.1, 0.15) is 5.75 Å². The van der Waals surface area contributed by atoms with E-state index >= 15 is 0 Å². The van der Waals surface area contributed by atoms with Gasteiger partial charge >= 0.3 is 0 Å². The van der Waals surface area contributed by atoms with E-state index in [-0.39, 0.29) is 16.6 Å². The summed E-state index contributed by atoms with van der Waals surface area (Å²) in [7, 11) is 0. The topological polar surface area (TPSA) is 71.5 Å². The van der Waals surface area contributed by atoms with Gasteiger partial charge in [0.15, 0.2) is 0 Å². The monoisotopic (exact) mass is 446 g/mol. The van der Waals surface area contributed by atoms with Crippen LogP contribution >= 0.6 is 11.9 Å². The van der Waals surface area contributed by atoms with Crippen LogP contribution in [-0.4, -0.2) is 27.4 Å². The molecule has 32 heavy (non-hydrogen) atoms. The number of hydrogen-bond donors (Lipinski definition) is 2. The first kappa shape index (κ1) is 21.0. The van der Waals surface area contributed by atoms with Crippen molar-refractivity contribution in [1.82, 2.24) is 9.71 Å². The third kappa shape index (κ3) is 4.38. The van der Waals surface area contributed by atoms with Crippen molar-refractivity contribution in [3.63, 3.8) is 0 Å². The van der Waals surface area contributed by atoms with Gasteiger partial charge in [-0.05, 0) is 73.5 Å². The van der Waals surface area contributed by atoms with Crippen molar-refractivity contribution in [2.45, 2.75) is 37.0 Å². The molecule has 1 aliphatic carbocycles. The molecule has 1 fully saturated rings. The summed E-state index contributed by atoms with van der Waals surface area (Å²) < 4.78 is 9.23. The van der Waals surface area contributed by atoms with Gasteiger partial charge in [-0.25, -0.2) is 0 Å². The molecule has 2 N–H and O–H groups in total. The summed E-state index contributed by atoms with van der Waals surface area (Å²) in [5.74, 6) is 0.525. The van der Waals surface area contributed by atoms with E-state index in [2.05, 4.69) is 16.6 Å². The highest BCUT2D eigenvalue weighted by molar-refractivity contribution is 7.99. The fraction of sp³-hybridized carbons (Fsp3) is 0.308. The van der Waals surface area contributed by atoms with Crippen molar-refractivity contribution in [3.05, 3.63) is 83.7 Å². The van der Waals surface area contributed by atoms with Crippen molar-refractivity contribution in [2.75, 3.05) is 6.61 Å². The molecule has 2 aliphatic rings. The number of nitrogens with one attached hydrogen (secondary N) is 1. The first-order chi connectivity index (χ1) is 15.5. The van der Waals surface area contributed by atoms with E-state index in [0.29, 0.717) is 24.3 Å². The lowest BCUT2D eigenvalue weighted by Crippen LogP contribution is -2.28. The minimum Gasteiger partial charge on any atom is -0.493 e. The van der Waals surface area contributed by atoms with Crippen LogP contribution in [0.1, 0.15) is 47.5 Å². The fourth-order valence-electron chi connectivity index (χ4n) is 4.01. The summed E-state index contributed by atoms with van der Waals surface area (Å²) in [5, 5.41) is 11.0. The maximum atomic E-state index is 12.9. The van der Waals surface area contributed by atoms with E-state index in [9.17, 15) is 9.90 Å². The van der Waals surface area contributed by atoms with Gasteiger partial charge < -0.3 is 9.84 Å². The van der Waals surface area contributed by atoms with Crippen molar-refractivity contribution < 1.29 is 14.6 Å². The average Bonchev–Trinajstić information content (AvgIpc) is 3.57. The number of ether oxygens (including phenoxy) is 1. The Labute approximate surface area is 192 Å². The Kier molecular flexibility index (Phi) is 5.66. The van der Waals surface area contributed by atoms with E-state index in [1.807, 2.05) is 60.7 Å². The zero-order valence-corrected chi connectivity index (χ0v) is 18.8. The highest BCUT2D eigenvalue weighted by Crippen LogP contribution is 2.46. The molecule has 2 heterocycles. The van der Waals surface area contributed by atoms with Gasteiger partial charge in [-0.2, -0.15) is 0 Å². The number of hydrogen-bond acceptors (Lipinski definition) is 5. The van der Waals surface area contributed by atoms with Gasteiger partial charge in [-0.15, -0.1) is 0 Å². The average molecular weight is 447 g/mol. The Morgan fingerprint density at radius 3 is 2.78 bits per heavy atom. The minimum absolute atomic E-state index is 0.0536. The van der Waals surface area contributed by atoms with Crippen LogP contribution < -0.4 is 9.46 Å². The van der Waals surface area contributed by atoms with Crippen LogP contribution in [0.4, 0.5) is 0 Å². The predicted molar refractivity (Wildman–Crippen MR) is 126 cm³/mol. The minimum atomic E-state index is -0.621. The molecule has 0 bridgehead atoms. The van der Waals surface area contributed by atoms with Gasteiger partial charge in [0.25, 0.3) is 5.91 Å². The van der Waals surface area contributed by atoms with E-state index in [4.69, 9.17) is 4.74 Å². The molecular weight excluding hydrogens is 420 g/mol. The molecule has 1 aliphatic heterocycles. The molecule has 0 spiro atoms. The number of aliphatic hydroxyl groups excluding tert-OH is 1. The van der Waals surface area contributed by atoms with Crippen LogP contribution in [0.2, 0.25) is 0 Å². The van der Waals surface area contributed by atoms with Crippen LogP contribution in [-0.2, 0) is 6.42 Å². The summed E-state index contributed by atoms with van der Waals surface area (Å²) in [6, 6.07) is 19.2. The fourth-order valence-corrected chi connectivity index (χ4v) is 4.76. The van der Waals surface area contributed by atoms with E-state index in [1.54, 1.807) is 6.20 Å². The zero-order valence-electron chi connectivity index (χ0n) is 18.0. The SMILES string of the molecule is CC1(SNC(=O)c2ccccc2-c2ccc3c(c2)OC[C@H](Cc2ccccn2)[C@H]3O)CC1. The number of pyridine rings is 1. The highest BCUT2D eigenvalue weighted by Gasteiger charge is 2.39. The smallest absolute Gasteiger partial charge is 0.261 e. The Bertz CT molecular complexity index is 1130. The molecule has 1 saturated carbocycles. The molecule has 0 saturated heterocycles. The lowest BCUT2D eigenvalue weighted by molar-refractivity contribution is 0.0503. The molecule has 0 radical (unpaired) electrons. The first-order valence-electron chi connectivity index (χ1n) is 10.9. The molecule has 164 valence electrons. The summed E-state index contributed by atoms with van der Waals surface area (Å²) in [6.07, 6.45) is 4.06. The number of aliphatic hydroxyl groups is 1. The van der Waals surface area contributed by atoms with E-state index in [0.717, 1.165) is 35.2 Å². The van der Waals surface area contributed by atoms with Gasteiger partial charge in [0.05, 0.1) is 12.7 Å². The van der Waals surface area contributed by atoms with Crippen molar-refractivity contribution in [2.24, 2.45) is 5.92 Å². The zero-order chi connectivity index (χ0) is 22.1. The van der Waals surface area contributed by atoms with Gasteiger partial charge in [0.2, 0.25) is 0 Å². The van der Waals surface area contributed by atoms with Crippen molar-refractivity contribution in [1.29, 1.82) is 0 Å². The Balaban J connectivity index is 1.36. The third-order valence-corrected chi connectivity index (χ3v) is 7.44. The molecule has 5 rings (SSSR count). The number of amides is 1. The maximum Gasteiger partial charge on any atom is 0.261 e.